The number of hydrogen-bond acceptors (Lipinski definition) is 2. The Labute approximate surface area is 118 Å². The third kappa shape index (κ3) is 2.54. The highest BCUT2D eigenvalue weighted by Gasteiger charge is 2.33. The number of benzene rings is 2. The van der Waals surface area contributed by atoms with Gasteiger partial charge in [0.25, 0.3) is 0 Å². The molecule has 0 aliphatic heterocycles. The molecular formula is C17H18FNO. The van der Waals surface area contributed by atoms with Gasteiger partial charge in [-0.1, -0.05) is 24.3 Å². The molecule has 0 heterocycles. The normalized spacial score (nSPS) is 21.3. The number of hydrogen-bond donors (Lipinski definition) is 2. The van der Waals surface area contributed by atoms with Crippen LogP contribution in [-0.4, -0.2) is 17.3 Å². The maximum absolute atomic E-state index is 13.0. The zero-order chi connectivity index (χ0) is 14.0. The Kier molecular flexibility index (Phi) is 3.45. The van der Waals surface area contributed by atoms with Crippen LogP contribution in [-0.2, 0) is 12.8 Å². The maximum atomic E-state index is 13.0. The van der Waals surface area contributed by atoms with E-state index in [9.17, 15) is 9.50 Å². The van der Waals surface area contributed by atoms with Crippen LogP contribution in [0, 0.1) is 5.82 Å². The number of aliphatic hydroxyl groups excluding tert-OH is 1. The first kappa shape index (κ1) is 13.1. The van der Waals surface area contributed by atoms with Gasteiger partial charge in [-0.05, 0) is 54.7 Å². The van der Waals surface area contributed by atoms with Crippen molar-refractivity contribution in [2.24, 2.45) is 0 Å². The van der Waals surface area contributed by atoms with Gasteiger partial charge in [-0.25, -0.2) is 4.39 Å². The number of aliphatic hydroxyl groups is 1. The molecule has 1 unspecified atom stereocenters. The number of halogens is 1. The smallest absolute Gasteiger partial charge is 0.123 e. The summed E-state index contributed by atoms with van der Waals surface area (Å²) in [6.07, 6.45) is 2.61. The van der Waals surface area contributed by atoms with Crippen molar-refractivity contribution in [3.05, 3.63) is 65.5 Å². The van der Waals surface area contributed by atoms with Crippen LogP contribution < -0.4 is 5.32 Å². The molecule has 0 amide bonds. The van der Waals surface area contributed by atoms with Gasteiger partial charge in [-0.2, -0.15) is 0 Å². The van der Waals surface area contributed by atoms with Gasteiger partial charge in [0, 0.05) is 5.69 Å². The lowest BCUT2D eigenvalue weighted by molar-refractivity contribution is 0.196. The van der Waals surface area contributed by atoms with E-state index in [1.54, 1.807) is 12.1 Å². The summed E-state index contributed by atoms with van der Waals surface area (Å²) in [6.45, 7) is 0.0682. The van der Waals surface area contributed by atoms with Crippen LogP contribution in [0.3, 0.4) is 0 Å². The van der Waals surface area contributed by atoms with E-state index in [-0.39, 0.29) is 18.0 Å². The molecule has 1 atom stereocenters. The van der Waals surface area contributed by atoms with Gasteiger partial charge in [-0.3, -0.25) is 0 Å². The van der Waals surface area contributed by atoms with Gasteiger partial charge in [-0.15, -0.1) is 0 Å². The van der Waals surface area contributed by atoms with E-state index in [2.05, 4.69) is 23.5 Å². The van der Waals surface area contributed by atoms with E-state index in [0.29, 0.717) is 0 Å². The molecule has 0 fully saturated rings. The molecule has 0 aromatic heterocycles. The Balaban J connectivity index is 1.84. The topological polar surface area (TPSA) is 32.3 Å². The predicted octanol–water partition coefficient (Wildman–Crippen LogP) is 3.16. The second kappa shape index (κ2) is 5.25. The fourth-order valence-electron chi connectivity index (χ4n) is 2.92. The van der Waals surface area contributed by atoms with Gasteiger partial charge in [0.1, 0.15) is 5.82 Å². The average molecular weight is 271 g/mol. The lowest BCUT2D eigenvalue weighted by atomic mass is 9.78. The minimum Gasteiger partial charge on any atom is -0.394 e. The van der Waals surface area contributed by atoms with E-state index >= 15 is 0 Å². The molecule has 2 nitrogen and oxygen atoms in total. The summed E-state index contributed by atoms with van der Waals surface area (Å²) in [4.78, 5) is 0. The average Bonchev–Trinajstić information content (AvgIpc) is 2.49. The third-order valence-corrected chi connectivity index (χ3v) is 4.08. The predicted molar refractivity (Wildman–Crippen MR) is 78.3 cm³/mol. The van der Waals surface area contributed by atoms with Crippen LogP contribution in [0.4, 0.5) is 10.1 Å². The Hall–Kier alpha value is -1.87. The summed E-state index contributed by atoms with van der Waals surface area (Å²) < 4.78 is 13.0. The van der Waals surface area contributed by atoms with Gasteiger partial charge < -0.3 is 10.4 Å². The molecule has 20 heavy (non-hydrogen) atoms. The maximum Gasteiger partial charge on any atom is 0.123 e. The minimum absolute atomic E-state index is 0.0682. The standard InChI is InChI=1S/C17H18FNO/c18-15-5-7-16(8-6-15)19-17(12-20)10-9-13-3-1-2-4-14(13)11-17/h1-8,19-20H,9-12H2. The highest BCUT2D eigenvalue weighted by molar-refractivity contribution is 5.47. The van der Waals surface area contributed by atoms with Crippen LogP contribution in [0.5, 0.6) is 0 Å². The van der Waals surface area contributed by atoms with E-state index < -0.39 is 0 Å². The van der Waals surface area contributed by atoms with E-state index in [1.807, 2.05) is 6.07 Å². The second-order valence-electron chi connectivity index (χ2n) is 5.52. The minimum atomic E-state index is -0.355. The highest BCUT2D eigenvalue weighted by atomic mass is 19.1. The van der Waals surface area contributed by atoms with E-state index in [1.165, 1.54) is 23.3 Å². The van der Waals surface area contributed by atoms with E-state index in [0.717, 1.165) is 24.9 Å². The Morgan fingerprint density at radius 3 is 2.45 bits per heavy atom. The summed E-state index contributed by atoms with van der Waals surface area (Å²) in [6, 6.07) is 14.6. The van der Waals surface area contributed by atoms with E-state index in [4.69, 9.17) is 0 Å². The molecular weight excluding hydrogens is 253 g/mol. The van der Waals surface area contributed by atoms with Crippen molar-refractivity contribution in [3.8, 4) is 0 Å². The van der Waals surface area contributed by atoms with Crippen molar-refractivity contribution in [1.29, 1.82) is 0 Å². The van der Waals surface area contributed by atoms with Gasteiger partial charge in [0.05, 0.1) is 12.1 Å². The number of fused-ring (bicyclic) bond motifs is 1. The SMILES string of the molecule is OCC1(Nc2ccc(F)cc2)CCc2ccccc2C1. The first-order valence-corrected chi connectivity index (χ1v) is 6.92. The molecule has 0 saturated carbocycles. The van der Waals surface area contributed by atoms with Crippen LogP contribution in [0.1, 0.15) is 17.5 Å². The Morgan fingerprint density at radius 2 is 1.75 bits per heavy atom. The molecule has 0 saturated heterocycles. The number of anilines is 1. The van der Waals surface area contributed by atoms with Crippen molar-refractivity contribution >= 4 is 5.69 Å². The zero-order valence-electron chi connectivity index (χ0n) is 11.3. The third-order valence-electron chi connectivity index (χ3n) is 4.08. The molecule has 2 N–H and O–H groups in total. The summed E-state index contributed by atoms with van der Waals surface area (Å²) in [5.74, 6) is -0.248. The van der Waals surface area contributed by atoms with Crippen molar-refractivity contribution in [2.75, 3.05) is 11.9 Å². The molecule has 2 aromatic carbocycles. The van der Waals surface area contributed by atoms with Crippen LogP contribution in [0.25, 0.3) is 0 Å². The molecule has 1 aliphatic carbocycles. The summed E-state index contributed by atoms with van der Waals surface area (Å²) >= 11 is 0. The lowest BCUT2D eigenvalue weighted by Gasteiger charge is -2.38. The fraction of sp³-hybridized carbons (Fsp3) is 0.294. The monoisotopic (exact) mass is 271 g/mol. The number of aryl methyl sites for hydroxylation is 1. The molecule has 0 radical (unpaired) electrons. The van der Waals surface area contributed by atoms with Crippen LogP contribution >= 0.6 is 0 Å². The van der Waals surface area contributed by atoms with Crippen molar-refractivity contribution < 1.29 is 9.50 Å². The zero-order valence-corrected chi connectivity index (χ0v) is 11.3. The van der Waals surface area contributed by atoms with Crippen LogP contribution in [0.2, 0.25) is 0 Å². The largest absolute Gasteiger partial charge is 0.394 e. The Morgan fingerprint density at radius 1 is 1.05 bits per heavy atom. The van der Waals surface area contributed by atoms with Gasteiger partial charge in [0.2, 0.25) is 0 Å². The van der Waals surface area contributed by atoms with Crippen LogP contribution in [0.15, 0.2) is 48.5 Å². The quantitative estimate of drug-likeness (QED) is 0.898. The molecule has 104 valence electrons. The highest BCUT2D eigenvalue weighted by Crippen LogP contribution is 2.31. The Bertz CT molecular complexity index is 596. The molecule has 0 spiro atoms. The number of nitrogens with one attached hydrogen (secondary N) is 1. The summed E-state index contributed by atoms with van der Waals surface area (Å²) in [5, 5.41) is 13.2. The van der Waals surface area contributed by atoms with Gasteiger partial charge in [0.15, 0.2) is 0 Å². The van der Waals surface area contributed by atoms with Gasteiger partial charge >= 0.3 is 0 Å². The number of rotatable bonds is 3. The molecule has 1 aliphatic rings. The van der Waals surface area contributed by atoms with Crippen molar-refractivity contribution in [1.82, 2.24) is 0 Å². The van der Waals surface area contributed by atoms with Crippen molar-refractivity contribution in [2.45, 2.75) is 24.8 Å². The fourth-order valence-corrected chi connectivity index (χ4v) is 2.92. The summed E-state index contributed by atoms with van der Waals surface area (Å²) in [5.41, 5.74) is 3.13. The first-order chi connectivity index (χ1) is 9.71. The molecule has 0 bridgehead atoms. The summed E-state index contributed by atoms with van der Waals surface area (Å²) in [7, 11) is 0. The first-order valence-electron chi connectivity index (χ1n) is 6.92. The molecule has 3 heteroatoms. The van der Waals surface area contributed by atoms with Crippen molar-refractivity contribution in [3.63, 3.8) is 0 Å². The lowest BCUT2D eigenvalue weighted by Crippen LogP contribution is -2.47. The molecule has 3 rings (SSSR count). The second-order valence-corrected chi connectivity index (χ2v) is 5.52. The molecule has 2 aromatic rings.